The van der Waals surface area contributed by atoms with Gasteiger partial charge in [-0.1, -0.05) is 11.6 Å². The average Bonchev–Trinajstić information content (AvgIpc) is 2.65. The van der Waals surface area contributed by atoms with Crippen LogP contribution in [0.2, 0.25) is 5.02 Å². The van der Waals surface area contributed by atoms with Crippen molar-refractivity contribution in [3.63, 3.8) is 0 Å². The summed E-state index contributed by atoms with van der Waals surface area (Å²) in [6, 6.07) is 6.38. The minimum Gasteiger partial charge on any atom is -0.660 e. The summed E-state index contributed by atoms with van der Waals surface area (Å²) in [4.78, 5) is 11.7. The first-order chi connectivity index (χ1) is 7.16. The molecule has 0 unspecified atom stereocenters. The van der Waals surface area contributed by atoms with E-state index in [9.17, 15) is 4.79 Å². The van der Waals surface area contributed by atoms with Gasteiger partial charge in [0, 0.05) is 9.70 Å². The molecule has 1 aromatic heterocycles. The molecule has 1 heterocycles. The van der Waals surface area contributed by atoms with Gasteiger partial charge in [-0.15, -0.1) is 0 Å². The Hall–Kier alpha value is -1.88. The Morgan fingerprint density at radius 2 is 2.07 bits per heavy atom. The minimum absolute atomic E-state index is 0.169. The summed E-state index contributed by atoms with van der Waals surface area (Å²) in [6.07, 6.45) is 1.19. The number of nitrogens with one attached hydrogen (secondary N) is 1. The number of aromatic nitrogens is 2. The number of carbonyl (C=O) groups is 1. The fraction of sp³-hybridized carbons (Fsp3) is 0. The summed E-state index contributed by atoms with van der Waals surface area (Å²) < 4.78 is 5.43. The fourth-order valence-electron chi connectivity index (χ4n) is 1.07. The molecule has 5 nitrogen and oxygen atoms in total. The SMILES string of the molecule is [NH-]c1c[n+](C(=O)c2ccc(Cl)cc2)no1. The van der Waals surface area contributed by atoms with E-state index in [1.165, 1.54) is 6.20 Å². The van der Waals surface area contributed by atoms with Crippen LogP contribution in [0.25, 0.3) is 5.73 Å². The van der Waals surface area contributed by atoms with Crippen molar-refractivity contribution >= 4 is 23.4 Å². The van der Waals surface area contributed by atoms with E-state index in [1.54, 1.807) is 24.3 Å². The Morgan fingerprint density at radius 3 is 2.60 bits per heavy atom. The van der Waals surface area contributed by atoms with Crippen molar-refractivity contribution in [3.05, 3.63) is 46.8 Å². The average molecular weight is 224 g/mol. The van der Waals surface area contributed by atoms with E-state index in [0.717, 1.165) is 4.68 Å². The first-order valence-corrected chi connectivity index (χ1v) is 4.45. The summed E-state index contributed by atoms with van der Waals surface area (Å²) in [5, 5.41) is 3.94. The Labute approximate surface area is 90.0 Å². The van der Waals surface area contributed by atoms with E-state index in [1.807, 2.05) is 0 Å². The Morgan fingerprint density at radius 1 is 1.40 bits per heavy atom. The number of halogens is 1. The summed E-state index contributed by atoms with van der Waals surface area (Å²) in [5.41, 5.74) is 7.51. The maximum absolute atomic E-state index is 11.7. The topological polar surface area (TPSA) is 70.8 Å². The van der Waals surface area contributed by atoms with Gasteiger partial charge in [0.1, 0.15) is 5.88 Å². The molecule has 0 radical (unpaired) electrons. The Bertz CT molecular complexity index is 492. The highest BCUT2D eigenvalue weighted by Gasteiger charge is 2.20. The van der Waals surface area contributed by atoms with E-state index in [-0.39, 0.29) is 11.8 Å². The van der Waals surface area contributed by atoms with Crippen molar-refractivity contribution in [2.24, 2.45) is 0 Å². The van der Waals surface area contributed by atoms with Crippen LogP contribution >= 0.6 is 11.6 Å². The number of hydrogen-bond acceptors (Lipinski definition) is 3. The lowest BCUT2D eigenvalue weighted by molar-refractivity contribution is -0.645. The molecule has 6 heteroatoms. The Balaban J connectivity index is 2.32. The highest BCUT2D eigenvalue weighted by molar-refractivity contribution is 6.30. The third-order valence-electron chi connectivity index (χ3n) is 1.77. The highest BCUT2D eigenvalue weighted by atomic mass is 35.5. The van der Waals surface area contributed by atoms with Crippen molar-refractivity contribution in [3.8, 4) is 0 Å². The van der Waals surface area contributed by atoms with Crippen molar-refractivity contribution in [1.82, 2.24) is 5.27 Å². The van der Waals surface area contributed by atoms with Gasteiger partial charge in [-0.2, -0.15) is 0 Å². The van der Waals surface area contributed by atoms with Crippen LogP contribution in [0.15, 0.2) is 35.0 Å². The molecule has 76 valence electrons. The number of carbonyl (C=O) groups excluding carboxylic acids is 1. The summed E-state index contributed by atoms with van der Waals surface area (Å²) in [5.74, 6) is -0.536. The molecule has 0 atom stereocenters. The van der Waals surface area contributed by atoms with Crippen LogP contribution in [-0.4, -0.2) is 11.2 Å². The molecule has 0 amide bonds. The second-order valence-electron chi connectivity index (χ2n) is 2.82. The molecule has 15 heavy (non-hydrogen) atoms. The van der Waals surface area contributed by atoms with Crippen molar-refractivity contribution < 1.29 is 14.0 Å². The van der Waals surface area contributed by atoms with Crippen LogP contribution in [0.5, 0.6) is 0 Å². The monoisotopic (exact) mass is 223 g/mol. The zero-order valence-corrected chi connectivity index (χ0v) is 8.23. The summed E-state index contributed by atoms with van der Waals surface area (Å²) in [7, 11) is 0. The molecule has 0 aliphatic rings. The predicted octanol–water partition coefficient (Wildman–Crippen LogP) is 1.99. The summed E-state index contributed by atoms with van der Waals surface area (Å²) >= 11 is 5.68. The third-order valence-corrected chi connectivity index (χ3v) is 2.02. The van der Waals surface area contributed by atoms with Gasteiger partial charge in [-0.3, -0.25) is 0 Å². The molecule has 0 bridgehead atoms. The molecule has 2 aromatic rings. The van der Waals surface area contributed by atoms with Gasteiger partial charge in [0.05, 0.1) is 5.56 Å². The number of nitrogens with zero attached hydrogens (tertiary/aromatic N) is 2. The maximum Gasteiger partial charge on any atom is 0.452 e. The number of rotatable bonds is 1. The van der Waals surface area contributed by atoms with E-state index in [2.05, 4.69) is 9.79 Å². The molecule has 1 aromatic carbocycles. The van der Waals surface area contributed by atoms with Gasteiger partial charge in [0.25, 0.3) is 0 Å². The minimum atomic E-state index is -0.367. The largest absolute Gasteiger partial charge is 0.660 e. The molecule has 2 rings (SSSR count). The Kier molecular flexibility index (Phi) is 2.39. The number of hydrogen-bond donors (Lipinski definition) is 0. The van der Waals surface area contributed by atoms with Crippen molar-refractivity contribution in [1.29, 1.82) is 0 Å². The van der Waals surface area contributed by atoms with Crippen LogP contribution in [0.1, 0.15) is 10.4 Å². The molecule has 0 spiro atoms. The lowest BCUT2D eigenvalue weighted by Crippen LogP contribution is -2.43. The molecule has 0 saturated heterocycles. The lowest BCUT2D eigenvalue weighted by Gasteiger charge is -1.90. The van der Waals surface area contributed by atoms with Crippen LogP contribution < -0.4 is 4.68 Å². The third kappa shape index (κ3) is 1.97. The molecule has 0 aliphatic heterocycles. The van der Waals surface area contributed by atoms with Crippen LogP contribution in [0.3, 0.4) is 0 Å². The highest BCUT2D eigenvalue weighted by Crippen LogP contribution is 2.09. The molecule has 0 saturated carbocycles. The van der Waals surface area contributed by atoms with Gasteiger partial charge in [-0.25, -0.2) is 4.79 Å². The van der Waals surface area contributed by atoms with Crippen molar-refractivity contribution in [2.75, 3.05) is 0 Å². The van der Waals surface area contributed by atoms with E-state index < -0.39 is 0 Å². The van der Waals surface area contributed by atoms with Crippen LogP contribution in [0, 0.1) is 0 Å². The van der Waals surface area contributed by atoms with Crippen LogP contribution in [-0.2, 0) is 0 Å². The van der Waals surface area contributed by atoms with E-state index in [0.29, 0.717) is 10.6 Å². The van der Waals surface area contributed by atoms with E-state index in [4.69, 9.17) is 17.3 Å². The number of benzene rings is 1. The van der Waals surface area contributed by atoms with Crippen molar-refractivity contribution in [2.45, 2.75) is 0 Å². The smallest absolute Gasteiger partial charge is 0.452 e. The van der Waals surface area contributed by atoms with E-state index >= 15 is 0 Å². The quantitative estimate of drug-likeness (QED) is 0.694. The molecular weight excluding hydrogens is 218 g/mol. The molecule has 0 fully saturated rings. The second-order valence-corrected chi connectivity index (χ2v) is 3.26. The molecular formula is C9H6ClN3O2. The van der Waals surface area contributed by atoms with Gasteiger partial charge in [0.15, 0.2) is 0 Å². The van der Waals surface area contributed by atoms with Crippen LogP contribution in [0.4, 0.5) is 5.88 Å². The fourth-order valence-corrected chi connectivity index (χ4v) is 1.19. The summed E-state index contributed by atoms with van der Waals surface area (Å²) in [6.45, 7) is 0. The van der Waals surface area contributed by atoms with Gasteiger partial charge >= 0.3 is 5.91 Å². The molecule has 0 aliphatic carbocycles. The molecule has 1 N–H and O–H groups in total. The zero-order chi connectivity index (χ0) is 10.8. The lowest BCUT2D eigenvalue weighted by atomic mass is 10.2. The zero-order valence-electron chi connectivity index (χ0n) is 7.48. The normalized spacial score (nSPS) is 10.2. The van der Waals surface area contributed by atoms with Gasteiger partial charge in [-0.05, 0) is 24.3 Å². The maximum atomic E-state index is 11.7. The van der Waals surface area contributed by atoms with Gasteiger partial charge in [0.2, 0.25) is 11.5 Å². The predicted molar refractivity (Wildman–Crippen MR) is 51.9 cm³/mol. The first-order valence-electron chi connectivity index (χ1n) is 4.07. The standard InChI is InChI=1S/C9H6ClN3O2/c10-7-3-1-6(2-4-7)9(14)13-5-8(11)15-12-13/h1-5H,(H-,11,12). The first kappa shape index (κ1) is 9.67. The second kappa shape index (κ2) is 3.70. The van der Waals surface area contributed by atoms with Gasteiger partial charge < -0.3 is 10.3 Å².